The molecule has 13 heteroatoms. The fourth-order valence-corrected chi connectivity index (χ4v) is 5.20. The normalized spacial score (nSPS) is 20.6. The molecule has 1 aromatic heterocycles. The Kier molecular flexibility index (Phi) is 9.76. The number of piperidine rings is 1. The van der Waals surface area contributed by atoms with Gasteiger partial charge in [-0.05, 0) is 42.0 Å². The van der Waals surface area contributed by atoms with Crippen LogP contribution in [0.4, 0.5) is 15.9 Å². The molecule has 11 nitrogen and oxygen atoms in total. The zero-order valence-corrected chi connectivity index (χ0v) is 24.0. The summed E-state index contributed by atoms with van der Waals surface area (Å²) in [4.78, 5) is 10.4. The van der Waals surface area contributed by atoms with Gasteiger partial charge in [0.25, 0.3) is 0 Å². The number of aliphatic hydroxyl groups is 4. The zero-order chi connectivity index (χ0) is 30.5. The Labute approximate surface area is 252 Å². The molecule has 1 saturated heterocycles. The number of aliphatic hydroxyl groups excluding tert-OH is 4. The van der Waals surface area contributed by atoms with Gasteiger partial charge in [0.15, 0.2) is 11.5 Å². The Morgan fingerprint density at radius 2 is 1.84 bits per heavy atom. The predicted octanol–water partition coefficient (Wildman–Crippen LogP) is 2.89. The van der Waals surface area contributed by atoms with Crippen molar-refractivity contribution >= 4 is 34.0 Å². The number of hydrogen-bond acceptors (Lipinski definition) is 11. The lowest BCUT2D eigenvalue weighted by Gasteiger charge is -2.42. The van der Waals surface area contributed by atoms with Crippen molar-refractivity contribution in [2.45, 2.75) is 31.0 Å². The monoisotopic (exact) mass is 614 g/mol. The fourth-order valence-electron chi connectivity index (χ4n) is 4.96. The van der Waals surface area contributed by atoms with Crippen LogP contribution in [0.15, 0.2) is 60.9 Å². The van der Waals surface area contributed by atoms with E-state index in [0.717, 1.165) is 0 Å². The van der Waals surface area contributed by atoms with E-state index in [1.807, 2.05) is 0 Å². The van der Waals surface area contributed by atoms with Crippen LogP contribution in [0.5, 0.6) is 17.2 Å². The Morgan fingerprint density at radius 1 is 1.00 bits per heavy atom. The number of β-amino-alcohol motifs (C(OH)–C–C–N with tert-alkyl or cyclic N) is 1. The van der Waals surface area contributed by atoms with Gasteiger partial charge in [-0.25, -0.2) is 14.4 Å². The van der Waals surface area contributed by atoms with Gasteiger partial charge in [0.2, 0.25) is 0 Å². The van der Waals surface area contributed by atoms with Crippen LogP contribution in [0, 0.1) is 5.82 Å². The van der Waals surface area contributed by atoms with Gasteiger partial charge in [-0.3, -0.25) is 4.90 Å². The van der Waals surface area contributed by atoms with E-state index in [1.54, 1.807) is 47.4 Å². The van der Waals surface area contributed by atoms with Crippen LogP contribution in [0.25, 0.3) is 10.9 Å². The summed E-state index contributed by atoms with van der Waals surface area (Å²) in [6.45, 7) is 0.237. The number of likely N-dealkylation sites (tertiary alicyclic amines) is 1. The maximum absolute atomic E-state index is 13.5. The highest BCUT2D eigenvalue weighted by molar-refractivity contribution is 6.32. The highest BCUT2D eigenvalue weighted by atomic mass is 35.5. The summed E-state index contributed by atoms with van der Waals surface area (Å²) >= 11 is 6.47. The maximum Gasteiger partial charge on any atom is 0.162 e. The van der Waals surface area contributed by atoms with Gasteiger partial charge in [-0.1, -0.05) is 23.7 Å². The number of ether oxygens (including phenoxy) is 3. The average Bonchev–Trinajstić information content (AvgIpc) is 2.99. The molecule has 0 spiro atoms. The van der Waals surface area contributed by atoms with Gasteiger partial charge in [0.05, 0.1) is 36.4 Å². The molecule has 1 aliphatic rings. The minimum atomic E-state index is -1.33. The van der Waals surface area contributed by atoms with Crippen molar-refractivity contribution in [3.05, 3.63) is 77.3 Å². The Morgan fingerprint density at radius 3 is 2.58 bits per heavy atom. The van der Waals surface area contributed by atoms with E-state index in [1.165, 1.54) is 25.6 Å². The number of halogens is 2. The zero-order valence-electron chi connectivity index (χ0n) is 23.2. The van der Waals surface area contributed by atoms with Gasteiger partial charge in [-0.2, -0.15) is 0 Å². The smallest absolute Gasteiger partial charge is 0.162 e. The van der Waals surface area contributed by atoms with Crippen LogP contribution < -0.4 is 19.5 Å². The summed E-state index contributed by atoms with van der Waals surface area (Å²) in [7, 11) is 1.51. The summed E-state index contributed by atoms with van der Waals surface area (Å²) < 4.78 is 30.8. The molecule has 1 fully saturated rings. The topological polar surface area (TPSA) is 150 Å². The van der Waals surface area contributed by atoms with E-state index in [2.05, 4.69) is 15.3 Å². The number of fused-ring (bicyclic) bond motifs is 1. The summed E-state index contributed by atoms with van der Waals surface area (Å²) in [6, 6.07) is 14.0. The molecule has 3 aromatic carbocycles. The molecule has 0 unspecified atom stereocenters. The van der Waals surface area contributed by atoms with Gasteiger partial charge in [0.1, 0.15) is 49.1 Å². The number of nitrogens with one attached hydrogen (secondary N) is 1. The van der Waals surface area contributed by atoms with Crippen molar-refractivity contribution in [2.75, 3.05) is 38.7 Å². The number of aromatic nitrogens is 2. The van der Waals surface area contributed by atoms with Crippen molar-refractivity contribution in [1.29, 1.82) is 0 Å². The van der Waals surface area contributed by atoms with Gasteiger partial charge in [-0.15, -0.1) is 0 Å². The molecule has 2 heterocycles. The third-order valence-corrected chi connectivity index (χ3v) is 7.55. The van der Waals surface area contributed by atoms with E-state index in [-0.39, 0.29) is 38.7 Å². The third-order valence-electron chi connectivity index (χ3n) is 7.25. The largest absolute Gasteiger partial charge is 0.493 e. The van der Waals surface area contributed by atoms with Crippen molar-refractivity contribution in [2.24, 2.45) is 0 Å². The van der Waals surface area contributed by atoms with Gasteiger partial charge in [0, 0.05) is 30.2 Å². The SMILES string of the molecule is COc1cc2ncnc(Nc3ccc(OCc4cccc(F)c4)c(Cl)c3)c2cc1OCCN1C[C@H](O)[C@@H](O)[C@H](O)[C@H]1CO. The van der Waals surface area contributed by atoms with Crippen molar-refractivity contribution in [3.8, 4) is 17.2 Å². The maximum atomic E-state index is 13.5. The Bertz CT molecular complexity index is 1560. The first kappa shape index (κ1) is 30.7. The van der Waals surface area contributed by atoms with Gasteiger partial charge < -0.3 is 40.0 Å². The molecule has 0 bridgehead atoms. The second-order valence-electron chi connectivity index (χ2n) is 10.1. The van der Waals surface area contributed by atoms with E-state index >= 15 is 0 Å². The Balaban J connectivity index is 1.30. The first-order valence-electron chi connectivity index (χ1n) is 13.6. The molecular formula is C30H32ClFN4O7. The van der Waals surface area contributed by atoms with Crippen LogP contribution >= 0.6 is 11.6 Å². The number of anilines is 2. The van der Waals surface area contributed by atoms with Gasteiger partial charge >= 0.3 is 0 Å². The van der Waals surface area contributed by atoms with Crippen LogP contribution in [0.1, 0.15) is 5.56 Å². The molecule has 228 valence electrons. The lowest BCUT2D eigenvalue weighted by Crippen LogP contribution is -2.63. The molecule has 0 radical (unpaired) electrons. The summed E-state index contributed by atoms with van der Waals surface area (Å²) in [5.74, 6) is 1.43. The molecule has 0 amide bonds. The molecule has 1 aliphatic heterocycles. The second kappa shape index (κ2) is 13.7. The standard InChI is InChI=1S/C30H32ClFN4O7/c1-41-26-12-22-20(11-27(26)42-8-7-36-13-24(38)29(40)28(39)23(36)14-37)30(34-16-33-22)35-19-5-6-25(21(31)10-19)43-15-17-3-2-4-18(32)9-17/h2-6,9-12,16,23-24,28-29,37-40H,7-8,13-15H2,1H3,(H,33,34,35)/t23-,24+,28-,29-/m1/s1. The van der Waals surface area contributed by atoms with E-state index < -0.39 is 24.4 Å². The van der Waals surface area contributed by atoms with Crippen molar-refractivity contribution in [1.82, 2.24) is 14.9 Å². The number of nitrogens with zero attached hydrogens (tertiary/aromatic N) is 3. The fraction of sp³-hybridized carbons (Fsp3) is 0.333. The first-order chi connectivity index (χ1) is 20.8. The molecule has 5 N–H and O–H groups in total. The van der Waals surface area contributed by atoms with Crippen molar-refractivity contribution < 1.29 is 39.0 Å². The van der Waals surface area contributed by atoms with E-state index in [4.69, 9.17) is 25.8 Å². The second-order valence-corrected chi connectivity index (χ2v) is 10.5. The third kappa shape index (κ3) is 7.07. The number of rotatable bonds is 11. The minimum absolute atomic E-state index is 0.0702. The molecule has 5 rings (SSSR count). The predicted molar refractivity (Wildman–Crippen MR) is 158 cm³/mol. The molecule has 4 aromatic rings. The summed E-state index contributed by atoms with van der Waals surface area (Å²) in [6.07, 6.45) is -2.36. The lowest BCUT2D eigenvalue weighted by molar-refractivity contribution is -0.146. The average molecular weight is 615 g/mol. The number of methoxy groups -OCH3 is 1. The van der Waals surface area contributed by atoms with E-state index in [0.29, 0.717) is 50.2 Å². The van der Waals surface area contributed by atoms with Crippen LogP contribution in [-0.2, 0) is 6.61 Å². The summed E-state index contributed by atoms with van der Waals surface area (Å²) in [5.41, 5.74) is 1.91. The quantitative estimate of drug-likeness (QED) is 0.170. The van der Waals surface area contributed by atoms with Crippen LogP contribution in [0.3, 0.4) is 0 Å². The number of benzene rings is 3. The molecule has 0 saturated carbocycles. The number of hydrogen-bond donors (Lipinski definition) is 5. The molecular weight excluding hydrogens is 583 g/mol. The molecule has 43 heavy (non-hydrogen) atoms. The first-order valence-corrected chi connectivity index (χ1v) is 13.9. The molecule has 0 aliphatic carbocycles. The molecule has 4 atom stereocenters. The van der Waals surface area contributed by atoms with Crippen LogP contribution in [-0.4, -0.2) is 93.1 Å². The van der Waals surface area contributed by atoms with Crippen molar-refractivity contribution in [3.63, 3.8) is 0 Å². The Hall–Kier alpha value is -3.78. The minimum Gasteiger partial charge on any atom is -0.493 e. The highest BCUT2D eigenvalue weighted by Crippen LogP contribution is 2.36. The highest BCUT2D eigenvalue weighted by Gasteiger charge is 2.40. The summed E-state index contributed by atoms with van der Waals surface area (Å²) in [5, 5.41) is 44.2. The van der Waals surface area contributed by atoms with Crippen LogP contribution in [0.2, 0.25) is 5.02 Å². The van der Waals surface area contributed by atoms with E-state index in [9.17, 15) is 24.8 Å². The lowest BCUT2D eigenvalue weighted by atomic mass is 9.94.